The molecule has 0 N–H and O–H groups in total. The number of ether oxygens (including phenoxy) is 1. The van der Waals surface area contributed by atoms with E-state index in [1.165, 1.54) is 0 Å². The Labute approximate surface area is 79.1 Å². The monoisotopic (exact) mass is 190 g/mol. The summed E-state index contributed by atoms with van der Waals surface area (Å²) >= 11 is 1.60. The number of hydrogen-bond donors (Lipinski definition) is 0. The molecule has 0 aliphatic heterocycles. The molecule has 12 heavy (non-hydrogen) atoms. The lowest BCUT2D eigenvalue weighted by Crippen LogP contribution is -2.09. The van der Waals surface area contributed by atoms with Crippen LogP contribution in [-0.4, -0.2) is 24.1 Å². The first-order chi connectivity index (χ1) is 5.66. The molecule has 0 heterocycles. The normalized spacial score (nSPS) is 10.3. The third-order valence-corrected chi connectivity index (χ3v) is 2.23. The summed E-state index contributed by atoms with van der Waals surface area (Å²) in [4.78, 5) is 10.9. The minimum Gasteiger partial charge on any atom is -0.465 e. The van der Waals surface area contributed by atoms with Crippen LogP contribution >= 0.6 is 11.8 Å². The maximum absolute atomic E-state index is 10.9. The SMILES string of the molecule is CCSCC(=O)OCCC(C)C. The zero-order valence-electron chi connectivity index (χ0n) is 8.13. The van der Waals surface area contributed by atoms with Crippen molar-refractivity contribution in [2.45, 2.75) is 27.2 Å². The van der Waals surface area contributed by atoms with Crippen LogP contribution in [0.4, 0.5) is 0 Å². The van der Waals surface area contributed by atoms with Crippen LogP contribution in [0, 0.1) is 5.92 Å². The molecule has 72 valence electrons. The quantitative estimate of drug-likeness (QED) is 0.601. The lowest BCUT2D eigenvalue weighted by atomic mass is 10.1. The Hall–Kier alpha value is -0.180. The third kappa shape index (κ3) is 7.92. The molecule has 0 bridgehead atoms. The minimum atomic E-state index is -0.0810. The van der Waals surface area contributed by atoms with E-state index in [1.807, 2.05) is 6.92 Å². The molecule has 0 aliphatic rings. The van der Waals surface area contributed by atoms with Crippen LogP contribution in [0.1, 0.15) is 27.2 Å². The fraction of sp³-hybridized carbons (Fsp3) is 0.889. The Bertz CT molecular complexity index is 124. The van der Waals surface area contributed by atoms with E-state index in [0.717, 1.165) is 12.2 Å². The van der Waals surface area contributed by atoms with Gasteiger partial charge in [-0.15, -0.1) is 0 Å². The van der Waals surface area contributed by atoms with Gasteiger partial charge in [-0.05, 0) is 18.1 Å². The van der Waals surface area contributed by atoms with Crippen LogP contribution in [0.5, 0.6) is 0 Å². The second-order valence-corrected chi connectivity index (χ2v) is 4.31. The fourth-order valence-corrected chi connectivity index (χ4v) is 1.09. The highest BCUT2D eigenvalue weighted by Crippen LogP contribution is 2.02. The van der Waals surface area contributed by atoms with Crippen molar-refractivity contribution in [2.24, 2.45) is 5.92 Å². The van der Waals surface area contributed by atoms with Gasteiger partial charge in [0.15, 0.2) is 0 Å². The van der Waals surface area contributed by atoms with Crippen molar-refractivity contribution in [3.05, 3.63) is 0 Å². The minimum absolute atomic E-state index is 0.0810. The van der Waals surface area contributed by atoms with Crippen LogP contribution in [0.25, 0.3) is 0 Å². The van der Waals surface area contributed by atoms with Crippen molar-refractivity contribution in [3.8, 4) is 0 Å². The van der Waals surface area contributed by atoms with Gasteiger partial charge < -0.3 is 4.74 Å². The zero-order valence-corrected chi connectivity index (χ0v) is 8.95. The molecule has 0 unspecified atom stereocenters. The van der Waals surface area contributed by atoms with Crippen LogP contribution in [0.15, 0.2) is 0 Å². The Morgan fingerprint density at radius 2 is 2.17 bits per heavy atom. The van der Waals surface area contributed by atoms with E-state index < -0.39 is 0 Å². The molecule has 0 aliphatic carbocycles. The molecule has 0 spiro atoms. The van der Waals surface area contributed by atoms with Gasteiger partial charge in [-0.3, -0.25) is 4.79 Å². The first-order valence-electron chi connectivity index (χ1n) is 4.40. The maximum atomic E-state index is 10.9. The second kappa shape index (κ2) is 7.47. The highest BCUT2D eigenvalue weighted by atomic mass is 32.2. The third-order valence-electron chi connectivity index (χ3n) is 1.38. The Morgan fingerprint density at radius 3 is 2.67 bits per heavy atom. The Kier molecular flexibility index (Phi) is 7.36. The molecule has 0 radical (unpaired) electrons. The number of carbonyl (C=O) groups is 1. The van der Waals surface area contributed by atoms with E-state index in [9.17, 15) is 4.79 Å². The molecule has 0 aromatic rings. The first-order valence-corrected chi connectivity index (χ1v) is 5.55. The summed E-state index contributed by atoms with van der Waals surface area (Å²) in [5.74, 6) is 1.99. The molecule has 0 amide bonds. The number of hydrogen-bond acceptors (Lipinski definition) is 3. The van der Waals surface area contributed by atoms with Gasteiger partial charge >= 0.3 is 5.97 Å². The lowest BCUT2D eigenvalue weighted by Gasteiger charge is -2.05. The van der Waals surface area contributed by atoms with Crippen molar-refractivity contribution < 1.29 is 9.53 Å². The van der Waals surface area contributed by atoms with E-state index in [1.54, 1.807) is 11.8 Å². The summed E-state index contributed by atoms with van der Waals surface area (Å²) in [7, 11) is 0. The number of thioether (sulfide) groups is 1. The maximum Gasteiger partial charge on any atom is 0.315 e. The van der Waals surface area contributed by atoms with Gasteiger partial charge in [0.2, 0.25) is 0 Å². The summed E-state index contributed by atoms with van der Waals surface area (Å²) in [6, 6.07) is 0. The average Bonchev–Trinajstić information content (AvgIpc) is 2.00. The van der Waals surface area contributed by atoms with Crippen molar-refractivity contribution in [2.75, 3.05) is 18.1 Å². The van der Waals surface area contributed by atoms with E-state index in [-0.39, 0.29) is 5.97 Å². The van der Waals surface area contributed by atoms with E-state index in [0.29, 0.717) is 18.3 Å². The largest absolute Gasteiger partial charge is 0.465 e. The van der Waals surface area contributed by atoms with Gasteiger partial charge in [-0.1, -0.05) is 20.8 Å². The van der Waals surface area contributed by atoms with Gasteiger partial charge in [-0.25, -0.2) is 0 Å². The standard InChI is InChI=1S/C9H18O2S/c1-4-12-7-9(10)11-6-5-8(2)3/h8H,4-7H2,1-3H3. The van der Waals surface area contributed by atoms with E-state index in [4.69, 9.17) is 4.74 Å². The summed E-state index contributed by atoms with van der Waals surface area (Å²) in [6.45, 7) is 6.84. The highest BCUT2D eigenvalue weighted by molar-refractivity contribution is 7.99. The molecule has 0 aromatic carbocycles. The summed E-state index contributed by atoms with van der Waals surface area (Å²) in [6.07, 6.45) is 0.961. The molecule has 0 fully saturated rings. The van der Waals surface area contributed by atoms with Crippen molar-refractivity contribution >= 4 is 17.7 Å². The topological polar surface area (TPSA) is 26.3 Å². The molecular formula is C9H18O2S. The van der Waals surface area contributed by atoms with Crippen molar-refractivity contribution in [3.63, 3.8) is 0 Å². The molecule has 0 aromatic heterocycles. The summed E-state index contributed by atoms with van der Waals surface area (Å²) < 4.78 is 5.00. The highest BCUT2D eigenvalue weighted by Gasteiger charge is 2.02. The second-order valence-electron chi connectivity index (χ2n) is 3.04. The summed E-state index contributed by atoms with van der Waals surface area (Å²) in [5, 5.41) is 0. The van der Waals surface area contributed by atoms with Gasteiger partial charge in [0.25, 0.3) is 0 Å². The predicted octanol–water partition coefficient (Wildman–Crippen LogP) is 2.33. The smallest absolute Gasteiger partial charge is 0.315 e. The summed E-state index contributed by atoms with van der Waals surface area (Å²) in [5.41, 5.74) is 0. The molecule has 3 heteroatoms. The number of carbonyl (C=O) groups excluding carboxylic acids is 1. The molecule has 2 nitrogen and oxygen atoms in total. The van der Waals surface area contributed by atoms with Crippen LogP contribution in [0.2, 0.25) is 0 Å². The van der Waals surface area contributed by atoms with Gasteiger partial charge in [-0.2, -0.15) is 11.8 Å². The fourth-order valence-electron chi connectivity index (χ4n) is 0.636. The Balaban J connectivity index is 3.20. The van der Waals surface area contributed by atoms with E-state index in [2.05, 4.69) is 13.8 Å². The molecule has 0 saturated heterocycles. The van der Waals surface area contributed by atoms with Gasteiger partial charge in [0, 0.05) is 0 Å². The molecule has 0 saturated carbocycles. The van der Waals surface area contributed by atoms with Crippen LogP contribution in [-0.2, 0) is 9.53 Å². The van der Waals surface area contributed by atoms with Crippen LogP contribution in [0.3, 0.4) is 0 Å². The first kappa shape index (κ1) is 11.8. The zero-order chi connectivity index (χ0) is 9.40. The molecule has 0 rings (SSSR count). The van der Waals surface area contributed by atoms with Crippen molar-refractivity contribution in [1.29, 1.82) is 0 Å². The van der Waals surface area contributed by atoms with Gasteiger partial charge in [0.05, 0.1) is 12.4 Å². The van der Waals surface area contributed by atoms with E-state index >= 15 is 0 Å². The van der Waals surface area contributed by atoms with Gasteiger partial charge in [0.1, 0.15) is 0 Å². The average molecular weight is 190 g/mol. The number of rotatable bonds is 6. The van der Waals surface area contributed by atoms with Crippen LogP contribution < -0.4 is 0 Å². The van der Waals surface area contributed by atoms with Crippen molar-refractivity contribution in [1.82, 2.24) is 0 Å². The number of esters is 1. The predicted molar refractivity (Wildman–Crippen MR) is 53.4 cm³/mol. The molecular weight excluding hydrogens is 172 g/mol. The Morgan fingerprint density at radius 1 is 1.50 bits per heavy atom. The molecule has 0 atom stereocenters. The lowest BCUT2D eigenvalue weighted by molar-refractivity contribution is -0.140.